The van der Waals surface area contributed by atoms with Gasteiger partial charge in [0.2, 0.25) is 0 Å². The maximum atomic E-state index is 10.9. The molecule has 0 aromatic carbocycles. The second-order valence-electron chi connectivity index (χ2n) is 2.30. The predicted molar refractivity (Wildman–Crippen MR) is 40.2 cm³/mol. The summed E-state index contributed by atoms with van der Waals surface area (Å²) in [5, 5.41) is 0.832. The van der Waals surface area contributed by atoms with Gasteiger partial charge in [0.1, 0.15) is 6.61 Å². The molecule has 5 nitrogen and oxygen atoms in total. The number of sulfone groups is 1. The van der Waals surface area contributed by atoms with E-state index in [-0.39, 0.29) is 12.4 Å². The van der Waals surface area contributed by atoms with Crippen LogP contribution in [0.15, 0.2) is 12.0 Å². The Morgan fingerprint density at radius 3 is 2.75 bits per heavy atom. The highest BCUT2D eigenvalue weighted by molar-refractivity contribution is 7.94. The Hall–Kier alpha value is -1.04. The summed E-state index contributed by atoms with van der Waals surface area (Å²) in [5.74, 6) is -0.262. The van der Waals surface area contributed by atoms with Crippen LogP contribution in [0.1, 0.15) is 0 Å². The van der Waals surface area contributed by atoms with Crippen LogP contribution in [0.5, 0.6) is 0 Å². The van der Waals surface area contributed by atoms with E-state index in [1.54, 1.807) is 0 Å². The quantitative estimate of drug-likeness (QED) is 0.592. The Balaban J connectivity index is 2.53. The van der Waals surface area contributed by atoms with Gasteiger partial charge in [0.05, 0.1) is 5.75 Å². The molecule has 0 aromatic heterocycles. The summed E-state index contributed by atoms with van der Waals surface area (Å²) in [6.07, 6.45) is -1.51. The summed E-state index contributed by atoms with van der Waals surface area (Å²) in [6.45, 7) is 3.12. The van der Waals surface area contributed by atoms with E-state index < -0.39 is 22.1 Å². The van der Waals surface area contributed by atoms with Gasteiger partial charge in [0, 0.05) is 5.41 Å². The molecule has 1 unspecified atom stereocenters. The van der Waals surface area contributed by atoms with Crippen molar-refractivity contribution >= 4 is 16.0 Å². The number of carbonyl (C=O) groups is 1. The normalized spacial score (nSPS) is 23.0. The molecule has 0 bridgehead atoms. The van der Waals surface area contributed by atoms with E-state index >= 15 is 0 Å². The van der Waals surface area contributed by atoms with Gasteiger partial charge in [-0.25, -0.2) is 13.2 Å². The first kappa shape index (κ1) is 9.05. The van der Waals surface area contributed by atoms with Crippen molar-refractivity contribution in [3.63, 3.8) is 0 Å². The largest absolute Gasteiger partial charge is 0.508 e. The van der Waals surface area contributed by atoms with Crippen molar-refractivity contribution in [3.8, 4) is 0 Å². The molecule has 6 heteroatoms. The molecule has 1 aliphatic rings. The highest BCUT2D eigenvalue weighted by Crippen LogP contribution is 2.09. The van der Waals surface area contributed by atoms with Crippen molar-refractivity contribution in [1.82, 2.24) is 0 Å². The Bertz CT molecular complexity index is 291. The van der Waals surface area contributed by atoms with Gasteiger partial charge in [-0.2, -0.15) is 0 Å². The molecule has 1 aliphatic heterocycles. The fourth-order valence-electron chi connectivity index (χ4n) is 0.774. The number of carbonyl (C=O) groups excluding carboxylic acids is 1. The second kappa shape index (κ2) is 3.14. The van der Waals surface area contributed by atoms with E-state index in [2.05, 4.69) is 16.1 Å². The van der Waals surface area contributed by atoms with E-state index in [4.69, 9.17) is 0 Å². The van der Waals surface area contributed by atoms with Crippen LogP contribution in [-0.2, 0) is 19.3 Å². The van der Waals surface area contributed by atoms with Gasteiger partial charge < -0.3 is 9.47 Å². The van der Waals surface area contributed by atoms with Crippen molar-refractivity contribution < 1.29 is 22.7 Å². The van der Waals surface area contributed by atoms with E-state index in [1.807, 2.05) is 0 Å². The Morgan fingerprint density at radius 2 is 2.33 bits per heavy atom. The lowest BCUT2D eigenvalue weighted by Crippen LogP contribution is -2.21. The molecule has 0 N–H and O–H groups in total. The van der Waals surface area contributed by atoms with Crippen LogP contribution in [0.25, 0.3) is 0 Å². The zero-order chi connectivity index (χ0) is 9.19. The molecule has 0 aliphatic carbocycles. The van der Waals surface area contributed by atoms with Gasteiger partial charge >= 0.3 is 6.16 Å². The van der Waals surface area contributed by atoms with Crippen molar-refractivity contribution in [2.24, 2.45) is 0 Å². The van der Waals surface area contributed by atoms with Crippen LogP contribution in [0, 0.1) is 0 Å². The van der Waals surface area contributed by atoms with E-state index in [9.17, 15) is 13.2 Å². The van der Waals surface area contributed by atoms with Crippen LogP contribution in [-0.4, -0.2) is 33.0 Å². The van der Waals surface area contributed by atoms with Gasteiger partial charge in [-0.3, -0.25) is 0 Å². The molecule has 1 atom stereocenters. The van der Waals surface area contributed by atoms with Crippen molar-refractivity contribution in [3.05, 3.63) is 12.0 Å². The van der Waals surface area contributed by atoms with Crippen LogP contribution in [0.2, 0.25) is 0 Å². The summed E-state index contributed by atoms with van der Waals surface area (Å²) in [6, 6.07) is 0. The average molecular weight is 192 g/mol. The lowest BCUT2D eigenvalue weighted by atomic mass is 10.4. The van der Waals surface area contributed by atoms with Crippen molar-refractivity contribution in [2.75, 3.05) is 12.4 Å². The maximum absolute atomic E-state index is 10.9. The molecule has 0 amide bonds. The molecule has 1 heterocycles. The minimum Gasteiger partial charge on any atom is -0.430 e. The number of cyclic esters (lactones) is 2. The third-order valence-electron chi connectivity index (χ3n) is 1.32. The van der Waals surface area contributed by atoms with Crippen LogP contribution >= 0.6 is 0 Å². The molecule has 12 heavy (non-hydrogen) atoms. The minimum atomic E-state index is -3.32. The van der Waals surface area contributed by atoms with Gasteiger partial charge in [-0.1, -0.05) is 6.58 Å². The van der Waals surface area contributed by atoms with Crippen LogP contribution < -0.4 is 0 Å². The monoisotopic (exact) mass is 192 g/mol. The molecule has 1 fully saturated rings. The zero-order valence-corrected chi connectivity index (χ0v) is 7.04. The number of ether oxygens (including phenoxy) is 2. The standard InChI is InChI=1S/C6H8O5S/c1-2-12(8,9)4-5-3-10-6(7)11-5/h2,5H,1,3-4H2. The predicted octanol–water partition coefficient (Wildman–Crippen LogP) is 0.0801. The number of hydrogen-bond acceptors (Lipinski definition) is 5. The van der Waals surface area contributed by atoms with Gasteiger partial charge in [0.15, 0.2) is 15.9 Å². The minimum absolute atomic E-state index is 0.00803. The third-order valence-corrected chi connectivity index (χ3v) is 2.67. The van der Waals surface area contributed by atoms with Crippen molar-refractivity contribution in [1.29, 1.82) is 0 Å². The fourth-order valence-corrected chi connectivity index (χ4v) is 1.59. The number of rotatable bonds is 3. The van der Waals surface area contributed by atoms with E-state index in [0.29, 0.717) is 0 Å². The zero-order valence-electron chi connectivity index (χ0n) is 6.23. The molecule has 0 spiro atoms. The summed E-state index contributed by atoms with van der Waals surface area (Å²) in [5.41, 5.74) is 0. The SMILES string of the molecule is C=CS(=O)(=O)CC1COC(=O)O1. The maximum Gasteiger partial charge on any atom is 0.508 e. The van der Waals surface area contributed by atoms with E-state index in [0.717, 1.165) is 5.41 Å². The summed E-state index contributed by atoms with van der Waals surface area (Å²) >= 11 is 0. The fraction of sp³-hybridized carbons (Fsp3) is 0.500. The molecule has 0 radical (unpaired) electrons. The molecular formula is C6H8O5S. The Morgan fingerprint density at radius 1 is 1.67 bits per heavy atom. The average Bonchev–Trinajstić information content (AvgIpc) is 2.35. The topological polar surface area (TPSA) is 69.7 Å². The molecule has 68 valence electrons. The molecule has 1 rings (SSSR count). The van der Waals surface area contributed by atoms with Gasteiger partial charge in [-0.15, -0.1) is 0 Å². The lowest BCUT2D eigenvalue weighted by Gasteiger charge is -2.02. The van der Waals surface area contributed by atoms with E-state index in [1.165, 1.54) is 0 Å². The van der Waals surface area contributed by atoms with Crippen LogP contribution in [0.3, 0.4) is 0 Å². The summed E-state index contributed by atoms with van der Waals surface area (Å²) in [4.78, 5) is 10.4. The van der Waals surface area contributed by atoms with Gasteiger partial charge in [-0.05, 0) is 0 Å². The van der Waals surface area contributed by atoms with Crippen LogP contribution in [0.4, 0.5) is 4.79 Å². The Kier molecular flexibility index (Phi) is 2.37. The number of hydrogen-bond donors (Lipinski definition) is 0. The highest BCUT2D eigenvalue weighted by atomic mass is 32.2. The summed E-state index contributed by atoms with van der Waals surface area (Å²) < 4.78 is 30.7. The Labute approximate surface area is 69.9 Å². The lowest BCUT2D eigenvalue weighted by molar-refractivity contribution is 0.122. The first-order chi connectivity index (χ1) is 5.53. The molecule has 1 saturated heterocycles. The van der Waals surface area contributed by atoms with Crippen molar-refractivity contribution in [2.45, 2.75) is 6.10 Å². The molecule has 0 aromatic rings. The smallest absolute Gasteiger partial charge is 0.430 e. The first-order valence-corrected chi connectivity index (χ1v) is 4.93. The van der Waals surface area contributed by atoms with Gasteiger partial charge in [0.25, 0.3) is 0 Å². The molecular weight excluding hydrogens is 184 g/mol. The highest BCUT2D eigenvalue weighted by Gasteiger charge is 2.28. The second-order valence-corrected chi connectivity index (χ2v) is 4.29. The third kappa shape index (κ3) is 2.23. The molecule has 0 saturated carbocycles. The summed E-state index contributed by atoms with van der Waals surface area (Å²) in [7, 11) is -3.32. The first-order valence-electron chi connectivity index (χ1n) is 3.22.